The second-order valence-electron chi connectivity index (χ2n) is 4.13. The molecule has 0 saturated carbocycles. The molecule has 1 aliphatic heterocycles. The van der Waals surface area contributed by atoms with Crippen LogP contribution in [0.15, 0.2) is 12.1 Å². The summed E-state index contributed by atoms with van der Waals surface area (Å²) in [5.41, 5.74) is 1.65. The third-order valence-electron chi connectivity index (χ3n) is 3.09. The largest absolute Gasteiger partial charge is 0.314 e. The zero-order chi connectivity index (χ0) is 10.8. The van der Waals surface area contributed by atoms with Gasteiger partial charge in [0.2, 0.25) is 0 Å². The van der Waals surface area contributed by atoms with Crippen LogP contribution in [-0.2, 0) is 6.42 Å². The van der Waals surface area contributed by atoms with Crippen LogP contribution >= 0.6 is 11.6 Å². The summed E-state index contributed by atoms with van der Waals surface area (Å²) in [7, 11) is 0. The molecule has 82 valence electrons. The fourth-order valence-electron chi connectivity index (χ4n) is 2.12. The Morgan fingerprint density at radius 1 is 1.53 bits per heavy atom. The summed E-state index contributed by atoms with van der Waals surface area (Å²) in [6.07, 6.45) is 3.06. The van der Waals surface area contributed by atoms with Crippen LogP contribution in [0.25, 0.3) is 0 Å². The molecule has 1 saturated heterocycles. The van der Waals surface area contributed by atoms with E-state index in [1.54, 1.807) is 6.07 Å². The van der Waals surface area contributed by atoms with Gasteiger partial charge in [-0.15, -0.1) is 0 Å². The Kier molecular flexibility index (Phi) is 3.27. The summed E-state index contributed by atoms with van der Waals surface area (Å²) in [6, 6.07) is 3.49. The van der Waals surface area contributed by atoms with Gasteiger partial charge in [0, 0.05) is 11.1 Å². The first-order valence-electron chi connectivity index (χ1n) is 5.35. The molecule has 0 bridgehead atoms. The first kappa shape index (κ1) is 10.9. The monoisotopic (exact) mass is 227 g/mol. The van der Waals surface area contributed by atoms with Crippen molar-refractivity contribution in [2.24, 2.45) is 0 Å². The van der Waals surface area contributed by atoms with Crippen molar-refractivity contribution in [3.63, 3.8) is 0 Å². The van der Waals surface area contributed by atoms with E-state index in [9.17, 15) is 4.39 Å². The summed E-state index contributed by atoms with van der Waals surface area (Å²) in [4.78, 5) is 0. The van der Waals surface area contributed by atoms with E-state index < -0.39 is 0 Å². The van der Waals surface area contributed by atoms with Crippen molar-refractivity contribution in [1.29, 1.82) is 0 Å². The van der Waals surface area contributed by atoms with E-state index in [4.69, 9.17) is 11.6 Å². The van der Waals surface area contributed by atoms with Crippen LogP contribution < -0.4 is 5.32 Å². The third kappa shape index (κ3) is 2.32. The first-order chi connectivity index (χ1) is 7.18. The van der Waals surface area contributed by atoms with E-state index in [1.807, 2.05) is 6.92 Å². The van der Waals surface area contributed by atoms with Gasteiger partial charge in [0.15, 0.2) is 0 Å². The second-order valence-corrected chi connectivity index (χ2v) is 4.54. The molecule has 2 rings (SSSR count). The van der Waals surface area contributed by atoms with Crippen LogP contribution in [0, 0.1) is 12.7 Å². The Labute approximate surface area is 94.6 Å². The highest BCUT2D eigenvalue weighted by atomic mass is 35.5. The summed E-state index contributed by atoms with van der Waals surface area (Å²) in [5.74, 6) is -0.134. The highest BCUT2D eigenvalue weighted by Crippen LogP contribution is 2.24. The van der Waals surface area contributed by atoms with E-state index >= 15 is 0 Å². The topological polar surface area (TPSA) is 12.0 Å². The predicted octanol–water partition coefficient (Wildman–Crippen LogP) is 3.08. The number of nitrogens with one attached hydrogen (secondary N) is 1. The molecule has 1 unspecified atom stereocenters. The van der Waals surface area contributed by atoms with Gasteiger partial charge in [0.25, 0.3) is 0 Å². The lowest BCUT2D eigenvalue weighted by Crippen LogP contribution is -2.24. The maximum absolute atomic E-state index is 13.6. The summed E-state index contributed by atoms with van der Waals surface area (Å²) < 4.78 is 13.6. The van der Waals surface area contributed by atoms with Gasteiger partial charge in [-0.3, -0.25) is 0 Å². The van der Waals surface area contributed by atoms with Gasteiger partial charge in [0.05, 0.1) is 0 Å². The van der Waals surface area contributed by atoms with E-state index in [-0.39, 0.29) is 5.82 Å². The first-order valence-corrected chi connectivity index (χ1v) is 5.73. The molecule has 1 atom stereocenters. The molecule has 0 aliphatic carbocycles. The van der Waals surface area contributed by atoms with Crippen molar-refractivity contribution in [3.05, 3.63) is 34.1 Å². The van der Waals surface area contributed by atoms with Gasteiger partial charge in [-0.25, -0.2) is 4.39 Å². The summed E-state index contributed by atoms with van der Waals surface area (Å²) in [5, 5.41) is 4.03. The average molecular weight is 228 g/mol. The fraction of sp³-hybridized carbons (Fsp3) is 0.500. The maximum Gasteiger partial charge on any atom is 0.126 e. The highest BCUT2D eigenvalue weighted by Gasteiger charge is 2.18. The van der Waals surface area contributed by atoms with Crippen molar-refractivity contribution in [2.45, 2.75) is 32.2 Å². The smallest absolute Gasteiger partial charge is 0.126 e. The van der Waals surface area contributed by atoms with Crippen molar-refractivity contribution < 1.29 is 4.39 Å². The average Bonchev–Trinajstić information content (AvgIpc) is 2.71. The predicted molar refractivity (Wildman–Crippen MR) is 60.9 cm³/mol. The highest BCUT2D eigenvalue weighted by molar-refractivity contribution is 6.31. The molecule has 1 nitrogen and oxygen atoms in total. The van der Waals surface area contributed by atoms with E-state index in [0.29, 0.717) is 11.1 Å². The zero-order valence-electron chi connectivity index (χ0n) is 8.82. The molecular weight excluding hydrogens is 213 g/mol. The minimum Gasteiger partial charge on any atom is -0.314 e. The van der Waals surface area contributed by atoms with Crippen molar-refractivity contribution >= 4 is 11.6 Å². The lowest BCUT2D eigenvalue weighted by molar-refractivity contribution is 0.558. The molecule has 1 N–H and O–H groups in total. The van der Waals surface area contributed by atoms with E-state index in [1.165, 1.54) is 12.5 Å². The van der Waals surface area contributed by atoms with E-state index in [0.717, 1.165) is 30.5 Å². The minimum atomic E-state index is -0.134. The Balaban J connectivity index is 2.22. The Bertz CT molecular complexity index is 359. The minimum absolute atomic E-state index is 0.134. The van der Waals surface area contributed by atoms with Gasteiger partial charge in [-0.2, -0.15) is 0 Å². The maximum atomic E-state index is 13.6. The standard InChI is InChI=1S/C12H15ClFN/c1-8-10(7-9-3-2-6-15-9)12(14)5-4-11(8)13/h4-5,9,15H,2-3,6-7H2,1H3. The van der Waals surface area contributed by atoms with Gasteiger partial charge in [0.1, 0.15) is 5.82 Å². The van der Waals surface area contributed by atoms with Crippen LogP contribution in [0.2, 0.25) is 5.02 Å². The van der Waals surface area contributed by atoms with Crippen LogP contribution in [0.1, 0.15) is 24.0 Å². The molecular formula is C12H15ClFN. The lowest BCUT2D eigenvalue weighted by Gasteiger charge is -2.14. The molecule has 0 aromatic heterocycles. The van der Waals surface area contributed by atoms with Gasteiger partial charge in [-0.1, -0.05) is 11.6 Å². The van der Waals surface area contributed by atoms with Crippen LogP contribution in [0.3, 0.4) is 0 Å². The molecule has 1 heterocycles. The third-order valence-corrected chi connectivity index (χ3v) is 3.50. The van der Waals surface area contributed by atoms with Crippen LogP contribution in [-0.4, -0.2) is 12.6 Å². The van der Waals surface area contributed by atoms with Crippen molar-refractivity contribution in [3.8, 4) is 0 Å². The van der Waals surface area contributed by atoms with Crippen molar-refractivity contribution in [2.75, 3.05) is 6.54 Å². The number of hydrogen-bond donors (Lipinski definition) is 1. The van der Waals surface area contributed by atoms with Crippen LogP contribution in [0.4, 0.5) is 4.39 Å². The molecule has 15 heavy (non-hydrogen) atoms. The molecule has 1 fully saturated rings. The number of rotatable bonds is 2. The Morgan fingerprint density at radius 3 is 3.00 bits per heavy atom. The van der Waals surface area contributed by atoms with Crippen molar-refractivity contribution in [1.82, 2.24) is 5.32 Å². The molecule has 3 heteroatoms. The molecule has 0 radical (unpaired) electrons. The van der Waals surface area contributed by atoms with Gasteiger partial charge in [-0.05, 0) is 56.0 Å². The lowest BCUT2D eigenvalue weighted by atomic mass is 9.99. The molecule has 1 aromatic carbocycles. The second kappa shape index (κ2) is 4.50. The zero-order valence-corrected chi connectivity index (χ0v) is 9.57. The van der Waals surface area contributed by atoms with Gasteiger partial charge >= 0.3 is 0 Å². The molecule has 1 aromatic rings. The fourth-order valence-corrected chi connectivity index (χ4v) is 2.30. The molecule has 0 spiro atoms. The Hall–Kier alpha value is -0.600. The summed E-state index contributed by atoms with van der Waals surface area (Å²) >= 11 is 5.98. The quantitative estimate of drug-likeness (QED) is 0.819. The van der Waals surface area contributed by atoms with Crippen LogP contribution in [0.5, 0.6) is 0 Å². The van der Waals surface area contributed by atoms with Gasteiger partial charge < -0.3 is 5.32 Å². The SMILES string of the molecule is Cc1c(Cl)ccc(F)c1CC1CCCN1. The normalized spacial score (nSPS) is 20.9. The number of halogens is 2. The Morgan fingerprint density at radius 2 is 2.33 bits per heavy atom. The van der Waals surface area contributed by atoms with E-state index in [2.05, 4.69) is 5.32 Å². The molecule has 0 amide bonds. The molecule has 1 aliphatic rings. The number of benzene rings is 1. The summed E-state index contributed by atoms with van der Waals surface area (Å²) in [6.45, 7) is 2.93. The number of hydrogen-bond acceptors (Lipinski definition) is 1.